The van der Waals surface area contributed by atoms with E-state index in [1.807, 2.05) is 12.1 Å². The lowest BCUT2D eigenvalue weighted by molar-refractivity contribution is 0.0697. The highest BCUT2D eigenvalue weighted by Gasteiger charge is 2.31. The molecule has 0 atom stereocenters. The van der Waals surface area contributed by atoms with Crippen LogP contribution in [0, 0.1) is 5.41 Å². The van der Waals surface area contributed by atoms with E-state index in [4.69, 9.17) is 0 Å². The summed E-state index contributed by atoms with van der Waals surface area (Å²) in [6.45, 7) is 3.10. The SMILES string of the molecule is CCC1(CNc2ccc(Br)cc2C(=O)O)CCCC1. The zero-order valence-electron chi connectivity index (χ0n) is 11.2. The predicted octanol–water partition coefficient (Wildman–Crippen LogP) is 4.53. The van der Waals surface area contributed by atoms with Crippen molar-refractivity contribution < 1.29 is 9.90 Å². The Balaban J connectivity index is 2.13. The molecule has 0 amide bonds. The summed E-state index contributed by atoms with van der Waals surface area (Å²) in [6, 6.07) is 5.37. The number of nitrogens with one attached hydrogen (secondary N) is 1. The van der Waals surface area contributed by atoms with Crippen molar-refractivity contribution in [2.24, 2.45) is 5.41 Å². The third kappa shape index (κ3) is 3.30. The van der Waals surface area contributed by atoms with Gasteiger partial charge in [-0.2, -0.15) is 0 Å². The van der Waals surface area contributed by atoms with Gasteiger partial charge in [0.05, 0.1) is 5.56 Å². The van der Waals surface area contributed by atoms with Gasteiger partial charge in [0.25, 0.3) is 0 Å². The average Bonchev–Trinajstić information content (AvgIpc) is 2.86. The molecule has 0 saturated heterocycles. The molecule has 1 aliphatic rings. The van der Waals surface area contributed by atoms with Crippen LogP contribution in [0.1, 0.15) is 49.4 Å². The molecule has 0 bridgehead atoms. The number of hydrogen-bond acceptors (Lipinski definition) is 2. The minimum absolute atomic E-state index is 0.332. The summed E-state index contributed by atoms with van der Waals surface area (Å²) in [5.74, 6) is -0.888. The Hall–Kier alpha value is -1.03. The van der Waals surface area contributed by atoms with Crippen molar-refractivity contribution in [3.05, 3.63) is 28.2 Å². The Morgan fingerprint density at radius 2 is 2.11 bits per heavy atom. The zero-order valence-corrected chi connectivity index (χ0v) is 12.8. The first-order chi connectivity index (χ1) is 9.06. The fraction of sp³-hybridized carbons (Fsp3) is 0.533. The second-order valence-electron chi connectivity index (χ2n) is 5.41. The van der Waals surface area contributed by atoms with Crippen molar-refractivity contribution in [1.29, 1.82) is 0 Å². The Bertz CT molecular complexity index is 467. The van der Waals surface area contributed by atoms with Crippen LogP contribution < -0.4 is 5.32 Å². The lowest BCUT2D eigenvalue weighted by Crippen LogP contribution is -2.26. The second-order valence-corrected chi connectivity index (χ2v) is 6.32. The molecule has 2 rings (SSSR count). The molecule has 0 heterocycles. The molecule has 4 heteroatoms. The smallest absolute Gasteiger partial charge is 0.337 e. The van der Waals surface area contributed by atoms with Crippen molar-refractivity contribution in [3.63, 3.8) is 0 Å². The van der Waals surface area contributed by atoms with Gasteiger partial charge in [-0.1, -0.05) is 35.7 Å². The lowest BCUT2D eigenvalue weighted by atomic mass is 9.83. The first-order valence-corrected chi connectivity index (χ1v) is 7.62. The molecule has 0 aliphatic heterocycles. The molecule has 1 fully saturated rings. The van der Waals surface area contributed by atoms with E-state index in [0.29, 0.717) is 11.0 Å². The highest BCUT2D eigenvalue weighted by molar-refractivity contribution is 9.10. The average molecular weight is 326 g/mol. The van der Waals surface area contributed by atoms with Crippen molar-refractivity contribution in [3.8, 4) is 0 Å². The Morgan fingerprint density at radius 1 is 1.42 bits per heavy atom. The summed E-state index contributed by atoms with van der Waals surface area (Å²) in [5, 5.41) is 12.6. The van der Waals surface area contributed by atoms with Gasteiger partial charge in [0, 0.05) is 16.7 Å². The molecule has 19 heavy (non-hydrogen) atoms. The van der Waals surface area contributed by atoms with Gasteiger partial charge < -0.3 is 10.4 Å². The highest BCUT2D eigenvalue weighted by atomic mass is 79.9. The van der Waals surface area contributed by atoms with Crippen LogP contribution in [0.3, 0.4) is 0 Å². The molecule has 1 saturated carbocycles. The third-order valence-corrected chi connectivity index (χ3v) is 4.77. The molecule has 0 unspecified atom stereocenters. The standard InChI is InChI=1S/C15H20BrNO2/c1-2-15(7-3-4-8-15)10-17-13-6-5-11(16)9-12(13)14(18)19/h5-6,9,17H,2-4,7-8,10H2,1H3,(H,18,19). The molecule has 1 aliphatic carbocycles. The van der Waals surface area contributed by atoms with E-state index in [1.54, 1.807) is 6.07 Å². The van der Waals surface area contributed by atoms with Crippen molar-refractivity contribution in [2.75, 3.05) is 11.9 Å². The maximum Gasteiger partial charge on any atom is 0.337 e. The van der Waals surface area contributed by atoms with Gasteiger partial charge in [0.2, 0.25) is 0 Å². The van der Waals surface area contributed by atoms with E-state index in [-0.39, 0.29) is 0 Å². The first-order valence-electron chi connectivity index (χ1n) is 6.83. The minimum Gasteiger partial charge on any atom is -0.478 e. The molecule has 0 aromatic heterocycles. The van der Waals surface area contributed by atoms with Crippen LogP contribution in [0.4, 0.5) is 5.69 Å². The number of carboxylic acids is 1. The lowest BCUT2D eigenvalue weighted by Gasteiger charge is -2.28. The molecule has 104 valence electrons. The molecule has 0 radical (unpaired) electrons. The van der Waals surface area contributed by atoms with Gasteiger partial charge in [-0.3, -0.25) is 0 Å². The van der Waals surface area contributed by atoms with Crippen molar-refractivity contribution in [1.82, 2.24) is 0 Å². The third-order valence-electron chi connectivity index (χ3n) is 4.28. The molecule has 2 N–H and O–H groups in total. The Labute approximate surface area is 122 Å². The number of rotatable bonds is 5. The van der Waals surface area contributed by atoms with E-state index in [2.05, 4.69) is 28.2 Å². The number of hydrogen-bond donors (Lipinski definition) is 2. The van der Waals surface area contributed by atoms with E-state index in [0.717, 1.165) is 23.1 Å². The molecule has 1 aromatic carbocycles. The summed E-state index contributed by atoms with van der Waals surface area (Å²) >= 11 is 3.32. The number of halogens is 1. The number of aromatic carboxylic acids is 1. The van der Waals surface area contributed by atoms with E-state index in [1.165, 1.54) is 25.7 Å². The van der Waals surface area contributed by atoms with Crippen LogP contribution in [-0.4, -0.2) is 17.6 Å². The zero-order chi connectivity index (χ0) is 13.9. The maximum absolute atomic E-state index is 11.3. The number of anilines is 1. The van der Waals surface area contributed by atoms with Crippen LogP contribution >= 0.6 is 15.9 Å². The van der Waals surface area contributed by atoms with Gasteiger partial charge in [0.15, 0.2) is 0 Å². The van der Waals surface area contributed by atoms with Crippen molar-refractivity contribution >= 4 is 27.6 Å². The number of carbonyl (C=O) groups is 1. The fourth-order valence-electron chi connectivity index (χ4n) is 2.91. The minimum atomic E-state index is -0.888. The summed E-state index contributed by atoms with van der Waals surface area (Å²) in [4.78, 5) is 11.3. The van der Waals surface area contributed by atoms with Crippen LogP contribution in [0.15, 0.2) is 22.7 Å². The van der Waals surface area contributed by atoms with Gasteiger partial charge in [0.1, 0.15) is 0 Å². The molecular formula is C15H20BrNO2. The molecule has 3 nitrogen and oxygen atoms in total. The number of benzene rings is 1. The maximum atomic E-state index is 11.3. The van der Waals surface area contributed by atoms with Gasteiger partial charge in [-0.25, -0.2) is 4.79 Å². The highest BCUT2D eigenvalue weighted by Crippen LogP contribution is 2.41. The van der Waals surface area contributed by atoms with Gasteiger partial charge in [-0.05, 0) is 42.9 Å². The number of carboxylic acid groups (broad SMARTS) is 1. The van der Waals surface area contributed by atoms with Gasteiger partial charge in [-0.15, -0.1) is 0 Å². The monoisotopic (exact) mass is 325 g/mol. The molecule has 1 aromatic rings. The first kappa shape index (κ1) is 14.4. The largest absolute Gasteiger partial charge is 0.478 e. The van der Waals surface area contributed by atoms with Crippen LogP contribution in [0.2, 0.25) is 0 Å². The summed E-state index contributed by atoms with van der Waals surface area (Å²) in [5.41, 5.74) is 1.40. The van der Waals surface area contributed by atoms with E-state index >= 15 is 0 Å². The molecule has 0 spiro atoms. The van der Waals surface area contributed by atoms with E-state index < -0.39 is 5.97 Å². The van der Waals surface area contributed by atoms with Gasteiger partial charge >= 0.3 is 5.97 Å². The van der Waals surface area contributed by atoms with Crippen LogP contribution in [-0.2, 0) is 0 Å². The van der Waals surface area contributed by atoms with Crippen LogP contribution in [0.5, 0.6) is 0 Å². The van der Waals surface area contributed by atoms with E-state index in [9.17, 15) is 9.90 Å². The van der Waals surface area contributed by atoms with Crippen LogP contribution in [0.25, 0.3) is 0 Å². The summed E-state index contributed by atoms with van der Waals surface area (Å²) in [7, 11) is 0. The summed E-state index contributed by atoms with van der Waals surface area (Å²) < 4.78 is 0.793. The normalized spacial score (nSPS) is 17.4. The quantitative estimate of drug-likeness (QED) is 0.836. The second kappa shape index (κ2) is 5.95. The Morgan fingerprint density at radius 3 is 2.68 bits per heavy atom. The summed E-state index contributed by atoms with van der Waals surface area (Å²) in [6.07, 6.45) is 6.23. The Kier molecular flexibility index (Phi) is 4.50. The van der Waals surface area contributed by atoms with Crippen molar-refractivity contribution in [2.45, 2.75) is 39.0 Å². The molecular weight excluding hydrogens is 306 g/mol. The predicted molar refractivity (Wildman–Crippen MR) is 80.8 cm³/mol. The topological polar surface area (TPSA) is 49.3 Å². The fourth-order valence-corrected chi connectivity index (χ4v) is 3.27.